The number of rotatable bonds is 2. The van der Waals surface area contributed by atoms with Crippen LogP contribution >= 0.6 is 0 Å². The van der Waals surface area contributed by atoms with Gasteiger partial charge in [-0.15, -0.1) is 0 Å². The Balaban J connectivity index is 2.67. The van der Waals surface area contributed by atoms with Gasteiger partial charge in [0, 0.05) is 5.39 Å². The molecule has 2 N–H and O–H groups in total. The third-order valence-corrected chi connectivity index (χ3v) is 2.26. The molecule has 2 rings (SSSR count). The monoisotopic (exact) mass is 263 g/mol. The molecule has 3 nitrogen and oxygen atoms in total. The van der Waals surface area contributed by atoms with E-state index in [1.165, 1.54) is 0 Å². The van der Waals surface area contributed by atoms with Gasteiger partial charge in [0.2, 0.25) is 5.82 Å². The zero-order valence-corrected chi connectivity index (χ0v) is 8.67. The number of aromatic nitrogens is 2. The average Bonchev–Trinajstić information content (AvgIpc) is 2.29. The van der Waals surface area contributed by atoms with E-state index in [9.17, 15) is 22.0 Å². The first-order valence-electron chi connectivity index (χ1n) is 4.71. The molecule has 1 aromatic carbocycles. The van der Waals surface area contributed by atoms with Crippen LogP contribution in [0.4, 0.5) is 27.8 Å². The summed E-state index contributed by atoms with van der Waals surface area (Å²) < 4.78 is 63.3. The van der Waals surface area contributed by atoms with Crippen molar-refractivity contribution in [3.8, 4) is 0 Å². The summed E-state index contributed by atoms with van der Waals surface area (Å²) in [5, 5.41) is -0.0104. The average molecular weight is 263 g/mol. The van der Waals surface area contributed by atoms with Gasteiger partial charge in [0.05, 0.1) is 5.52 Å². The highest BCUT2D eigenvalue weighted by molar-refractivity contribution is 5.87. The first kappa shape index (κ1) is 12.5. The van der Waals surface area contributed by atoms with Crippen LogP contribution in [-0.2, 0) is 5.92 Å². The summed E-state index contributed by atoms with van der Waals surface area (Å²) in [5.74, 6) is -7.02. The first-order chi connectivity index (χ1) is 8.32. The molecule has 0 saturated heterocycles. The van der Waals surface area contributed by atoms with Gasteiger partial charge in [-0.3, -0.25) is 0 Å². The first-order valence-corrected chi connectivity index (χ1v) is 4.71. The molecule has 0 fully saturated rings. The Labute approximate surface area is 97.4 Å². The lowest BCUT2D eigenvalue weighted by atomic mass is 10.2. The van der Waals surface area contributed by atoms with Crippen LogP contribution in [0.2, 0.25) is 0 Å². The Bertz CT molecular complexity index is 599. The summed E-state index contributed by atoms with van der Waals surface area (Å²) in [6.45, 7) is 0. The Morgan fingerprint density at radius 2 is 1.83 bits per heavy atom. The quantitative estimate of drug-likeness (QED) is 0.847. The minimum absolute atomic E-state index is 0.0104. The van der Waals surface area contributed by atoms with E-state index in [4.69, 9.17) is 5.73 Å². The maximum absolute atomic E-state index is 13.1. The molecule has 2 aromatic rings. The van der Waals surface area contributed by atoms with Crippen LogP contribution in [0, 0.1) is 5.82 Å². The van der Waals surface area contributed by atoms with Gasteiger partial charge in [-0.2, -0.15) is 8.78 Å². The molecular weight excluding hydrogens is 257 g/mol. The summed E-state index contributed by atoms with van der Waals surface area (Å²) >= 11 is 0. The van der Waals surface area contributed by atoms with Crippen LogP contribution in [-0.4, -0.2) is 16.4 Å². The van der Waals surface area contributed by atoms with Gasteiger partial charge in [0.15, 0.2) is 0 Å². The van der Waals surface area contributed by atoms with Crippen LogP contribution in [0.1, 0.15) is 5.82 Å². The number of hydrogen-bond donors (Lipinski definition) is 1. The lowest BCUT2D eigenvalue weighted by Crippen LogP contribution is -2.26. The predicted molar refractivity (Wildman–Crippen MR) is 53.8 cm³/mol. The molecule has 0 amide bonds. The number of hydrogen-bond acceptors (Lipinski definition) is 3. The van der Waals surface area contributed by atoms with Gasteiger partial charge in [-0.1, -0.05) is 0 Å². The molecule has 0 saturated carbocycles. The minimum Gasteiger partial charge on any atom is -0.383 e. The summed E-state index contributed by atoms with van der Waals surface area (Å²) in [5.41, 5.74) is 5.20. The van der Waals surface area contributed by atoms with Crippen LogP contribution in [0.5, 0.6) is 0 Å². The molecule has 18 heavy (non-hydrogen) atoms. The van der Waals surface area contributed by atoms with Crippen LogP contribution < -0.4 is 5.73 Å². The maximum atomic E-state index is 13.1. The highest BCUT2D eigenvalue weighted by atomic mass is 19.3. The van der Waals surface area contributed by atoms with Crippen molar-refractivity contribution in [1.82, 2.24) is 9.97 Å². The molecular formula is C10H6F5N3. The van der Waals surface area contributed by atoms with Crippen LogP contribution in [0.15, 0.2) is 18.2 Å². The summed E-state index contributed by atoms with van der Waals surface area (Å²) in [6, 6.07) is 2.96. The van der Waals surface area contributed by atoms with Gasteiger partial charge in [0.25, 0.3) is 0 Å². The van der Waals surface area contributed by atoms with Gasteiger partial charge < -0.3 is 5.73 Å². The molecule has 0 spiro atoms. The fraction of sp³-hybridized carbons (Fsp3) is 0.200. The van der Waals surface area contributed by atoms with Crippen molar-refractivity contribution >= 4 is 16.7 Å². The zero-order valence-electron chi connectivity index (χ0n) is 8.67. The number of fused-ring (bicyclic) bond motifs is 1. The fourth-order valence-electron chi connectivity index (χ4n) is 1.37. The highest BCUT2D eigenvalue weighted by Gasteiger charge is 2.46. The molecule has 1 aromatic heterocycles. The Morgan fingerprint density at radius 1 is 1.17 bits per heavy atom. The number of halogens is 5. The van der Waals surface area contributed by atoms with Gasteiger partial charge in [-0.05, 0) is 18.2 Å². The van der Waals surface area contributed by atoms with Crippen molar-refractivity contribution in [2.75, 3.05) is 5.73 Å². The standard InChI is InChI=1S/C10H6F5N3/c11-4-1-2-6-5(3-4)7(16)18-9(17-6)10(14,15)8(12)13/h1-3,8H,(H2,16,17,18). The molecule has 96 valence electrons. The second-order valence-electron chi connectivity index (χ2n) is 3.52. The fourth-order valence-corrected chi connectivity index (χ4v) is 1.37. The molecule has 8 heteroatoms. The predicted octanol–water partition coefficient (Wildman–Crippen LogP) is 2.71. The molecule has 0 unspecified atom stereocenters. The van der Waals surface area contributed by atoms with E-state index >= 15 is 0 Å². The topological polar surface area (TPSA) is 51.8 Å². The van der Waals surface area contributed by atoms with Crippen molar-refractivity contribution in [3.63, 3.8) is 0 Å². The zero-order chi connectivity index (χ0) is 13.5. The SMILES string of the molecule is Nc1nc(C(F)(F)C(F)F)nc2ccc(F)cc12. The van der Waals surface area contributed by atoms with Crippen molar-refractivity contribution < 1.29 is 22.0 Å². The second-order valence-corrected chi connectivity index (χ2v) is 3.52. The van der Waals surface area contributed by atoms with E-state index in [-0.39, 0.29) is 10.9 Å². The van der Waals surface area contributed by atoms with Crippen LogP contribution in [0.25, 0.3) is 10.9 Å². The van der Waals surface area contributed by atoms with E-state index in [1.807, 2.05) is 0 Å². The molecule has 0 atom stereocenters. The Hall–Kier alpha value is -1.99. The van der Waals surface area contributed by atoms with Gasteiger partial charge in [0.1, 0.15) is 11.6 Å². The number of nitrogens with zero attached hydrogens (tertiary/aromatic N) is 2. The number of benzene rings is 1. The molecule has 0 aliphatic rings. The van der Waals surface area contributed by atoms with E-state index in [0.717, 1.165) is 18.2 Å². The smallest absolute Gasteiger partial charge is 0.365 e. The molecule has 0 aliphatic heterocycles. The Kier molecular flexibility index (Phi) is 2.80. The summed E-state index contributed by atoms with van der Waals surface area (Å²) in [4.78, 5) is 6.39. The molecule has 0 radical (unpaired) electrons. The lowest BCUT2D eigenvalue weighted by Gasteiger charge is -2.14. The number of nitrogen functional groups attached to an aromatic ring is 1. The van der Waals surface area contributed by atoms with Gasteiger partial charge in [-0.25, -0.2) is 23.1 Å². The minimum atomic E-state index is -4.50. The maximum Gasteiger partial charge on any atom is 0.365 e. The summed E-state index contributed by atoms with van der Waals surface area (Å²) in [7, 11) is 0. The summed E-state index contributed by atoms with van der Waals surface area (Å²) in [6.07, 6.45) is -3.95. The van der Waals surface area contributed by atoms with E-state index in [0.29, 0.717) is 0 Å². The Morgan fingerprint density at radius 3 is 2.44 bits per heavy atom. The van der Waals surface area contributed by atoms with Gasteiger partial charge >= 0.3 is 12.3 Å². The van der Waals surface area contributed by atoms with E-state index in [1.54, 1.807) is 0 Å². The van der Waals surface area contributed by atoms with Crippen LogP contribution in [0.3, 0.4) is 0 Å². The van der Waals surface area contributed by atoms with E-state index < -0.39 is 29.8 Å². The largest absolute Gasteiger partial charge is 0.383 e. The van der Waals surface area contributed by atoms with Crippen molar-refractivity contribution in [2.24, 2.45) is 0 Å². The highest BCUT2D eigenvalue weighted by Crippen LogP contribution is 2.33. The lowest BCUT2D eigenvalue weighted by molar-refractivity contribution is -0.140. The normalized spacial score (nSPS) is 12.3. The van der Waals surface area contributed by atoms with Crippen molar-refractivity contribution in [1.29, 1.82) is 0 Å². The molecule has 0 bridgehead atoms. The van der Waals surface area contributed by atoms with Crippen molar-refractivity contribution in [3.05, 3.63) is 29.8 Å². The molecule has 0 aliphatic carbocycles. The molecule has 1 heterocycles. The number of alkyl halides is 4. The number of nitrogens with two attached hydrogens (primary N) is 1. The van der Waals surface area contributed by atoms with Crippen molar-refractivity contribution in [2.45, 2.75) is 12.3 Å². The third-order valence-electron chi connectivity index (χ3n) is 2.26. The third kappa shape index (κ3) is 1.93. The number of anilines is 1. The second kappa shape index (κ2) is 4.04. The van der Waals surface area contributed by atoms with E-state index in [2.05, 4.69) is 9.97 Å².